The first-order chi connectivity index (χ1) is 8.58. The van der Waals surface area contributed by atoms with Crippen LogP contribution in [0.1, 0.15) is 25.4 Å². The van der Waals surface area contributed by atoms with Crippen LogP contribution < -0.4 is 0 Å². The summed E-state index contributed by atoms with van der Waals surface area (Å²) in [6.07, 6.45) is 4.74. The van der Waals surface area contributed by atoms with E-state index in [1.807, 2.05) is 32.9 Å². The number of furan rings is 1. The lowest BCUT2D eigenvalue weighted by molar-refractivity contribution is 0.175. The molecule has 0 aliphatic carbocycles. The molecular weight excluding hydrogens is 230 g/mol. The number of hydrogen-bond donors (Lipinski definition) is 0. The van der Waals surface area contributed by atoms with Crippen LogP contribution >= 0.6 is 0 Å². The summed E-state index contributed by atoms with van der Waals surface area (Å²) in [5.41, 5.74) is 0. The molecule has 2 aromatic rings. The Hall–Kier alpha value is -2.04. The molecule has 0 aromatic carbocycles. The molecular formula is C13H17N3O2. The molecule has 1 amide bonds. The first kappa shape index (κ1) is 12.4. The maximum atomic E-state index is 12.3. The molecule has 0 bridgehead atoms. The van der Waals surface area contributed by atoms with E-state index in [2.05, 4.69) is 4.98 Å². The van der Waals surface area contributed by atoms with E-state index in [0.717, 1.165) is 11.5 Å². The quantitative estimate of drug-likeness (QED) is 0.837. The molecule has 18 heavy (non-hydrogen) atoms. The fourth-order valence-electron chi connectivity index (χ4n) is 1.73. The summed E-state index contributed by atoms with van der Waals surface area (Å²) in [6, 6.07) is 3.78. The molecule has 0 saturated heterocycles. The van der Waals surface area contributed by atoms with E-state index in [-0.39, 0.29) is 12.1 Å². The van der Waals surface area contributed by atoms with Crippen LogP contribution in [-0.2, 0) is 6.54 Å². The fourth-order valence-corrected chi connectivity index (χ4v) is 1.73. The monoisotopic (exact) mass is 247 g/mol. The highest BCUT2D eigenvalue weighted by atomic mass is 16.3. The van der Waals surface area contributed by atoms with Crippen molar-refractivity contribution in [3.8, 4) is 0 Å². The van der Waals surface area contributed by atoms with Gasteiger partial charge >= 0.3 is 6.03 Å². The van der Waals surface area contributed by atoms with Crippen molar-refractivity contribution in [1.29, 1.82) is 0 Å². The predicted molar refractivity (Wildman–Crippen MR) is 67.1 cm³/mol. The Kier molecular flexibility index (Phi) is 3.50. The second kappa shape index (κ2) is 5.08. The fraction of sp³-hybridized carbons (Fsp3) is 0.385. The molecule has 2 aromatic heterocycles. The van der Waals surface area contributed by atoms with Crippen molar-refractivity contribution in [2.45, 2.75) is 33.4 Å². The molecule has 0 spiro atoms. The number of amides is 1. The van der Waals surface area contributed by atoms with Crippen LogP contribution in [0.15, 0.2) is 35.3 Å². The lowest BCUT2D eigenvalue weighted by Gasteiger charge is -2.25. The van der Waals surface area contributed by atoms with Gasteiger partial charge in [0.1, 0.15) is 17.8 Å². The molecule has 2 rings (SSSR count). The molecule has 0 unspecified atom stereocenters. The van der Waals surface area contributed by atoms with Crippen molar-refractivity contribution in [3.05, 3.63) is 42.4 Å². The molecule has 2 heterocycles. The standard InChI is InChI=1S/C13H17N3O2/c1-10(2)16(8-12-5-4-11(3)18-12)13(17)15-7-6-14-9-15/h4-7,9-10H,8H2,1-3H3. The van der Waals surface area contributed by atoms with E-state index in [1.54, 1.807) is 17.3 Å². The number of nitrogens with zero attached hydrogens (tertiary/aromatic N) is 3. The maximum Gasteiger partial charge on any atom is 0.330 e. The Labute approximate surface area is 106 Å². The van der Waals surface area contributed by atoms with Crippen molar-refractivity contribution < 1.29 is 9.21 Å². The first-order valence-electron chi connectivity index (χ1n) is 5.92. The molecule has 0 fully saturated rings. The van der Waals surface area contributed by atoms with Gasteiger partial charge in [-0.15, -0.1) is 0 Å². The summed E-state index contributed by atoms with van der Waals surface area (Å²) in [5, 5.41) is 0. The molecule has 0 N–H and O–H groups in total. The zero-order valence-electron chi connectivity index (χ0n) is 10.8. The Bertz CT molecular complexity index is 514. The second-order valence-corrected chi connectivity index (χ2v) is 4.49. The number of carbonyl (C=O) groups is 1. The number of aryl methyl sites for hydroxylation is 1. The van der Waals surface area contributed by atoms with E-state index in [4.69, 9.17) is 4.42 Å². The number of aromatic nitrogens is 2. The minimum absolute atomic E-state index is 0.0882. The average molecular weight is 247 g/mol. The Morgan fingerprint density at radius 1 is 1.50 bits per heavy atom. The van der Waals surface area contributed by atoms with Crippen LogP contribution in [0.25, 0.3) is 0 Å². The van der Waals surface area contributed by atoms with E-state index >= 15 is 0 Å². The third-order valence-corrected chi connectivity index (χ3v) is 2.72. The molecule has 0 aliphatic rings. The largest absolute Gasteiger partial charge is 0.464 e. The smallest absolute Gasteiger partial charge is 0.330 e. The minimum Gasteiger partial charge on any atom is -0.464 e. The van der Waals surface area contributed by atoms with Gasteiger partial charge in [-0.2, -0.15) is 0 Å². The lowest BCUT2D eigenvalue weighted by Crippen LogP contribution is -2.38. The Balaban J connectivity index is 2.16. The first-order valence-corrected chi connectivity index (χ1v) is 5.92. The molecule has 0 atom stereocenters. The van der Waals surface area contributed by atoms with Gasteiger partial charge in [0.05, 0.1) is 6.54 Å². The van der Waals surface area contributed by atoms with Crippen LogP contribution in [0.4, 0.5) is 4.79 Å². The number of carbonyl (C=O) groups excluding carboxylic acids is 1. The second-order valence-electron chi connectivity index (χ2n) is 4.49. The summed E-state index contributed by atoms with van der Waals surface area (Å²) in [6.45, 7) is 6.30. The predicted octanol–water partition coefficient (Wildman–Crippen LogP) is 2.66. The highest BCUT2D eigenvalue weighted by Crippen LogP contribution is 2.13. The minimum atomic E-state index is -0.100. The van der Waals surface area contributed by atoms with Gasteiger partial charge < -0.3 is 9.32 Å². The van der Waals surface area contributed by atoms with Crippen LogP contribution in [0.5, 0.6) is 0 Å². The third-order valence-electron chi connectivity index (χ3n) is 2.72. The number of hydrogen-bond acceptors (Lipinski definition) is 3. The van der Waals surface area contributed by atoms with Crippen LogP contribution in [0.2, 0.25) is 0 Å². The van der Waals surface area contributed by atoms with Crippen molar-refractivity contribution in [1.82, 2.24) is 14.5 Å². The van der Waals surface area contributed by atoms with Gasteiger partial charge in [-0.05, 0) is 32.9 Å². The summed E-state index contributed by atoms with van der Waals surface area (Å²) in [5.74, 6) is 1.64. The van der Waals surface area contributed by atoms with Gasteiger partial charge in [0.2, 0.25) is 0 Å². The van der Waals surface area contributed by atoms with Gasteiger partial charge in [0.25, 0.3) is 0 Å². The summed E-state index contributed by atoms with van der Waals surface area (Å²) in [4.78, 5) is 17.9. The third kappa shape index (κ3) is 2.61. The van der Waals surface area contributed by atoms with Crippen molar-refractivity contribution in [3.63, 3.8) is 0 Å². The van der Waals surface area contributed by atoms with Crippen molar-refractivity contribution in [2.75, 3.05) is 0 Å². The van der Waals surface area contributed by atoms with Gasteiger partial charge in [0.15, 0.2) is 0 Å². The average Bonchev–Trinajstić information content (AvgIpc) is 2.95. The van der Waals surface area contributed by atoms with Gasteiger partial charge in [-0.25, -0.2) is 9.78 Å². The zero-order valence-corrected chi connectivity index (χ0v) is 10.8. The normalized spacial score (nSPS) is 10.9. The SMILES string of the molecule is Cc1ccc(CN(C(=O)n2ccnc2)C(C)C)o1. The van der Waals surface area contributed by atoms with Crippen LogP contribution in [0, 0.1) is 6.92 Å². The molecule has 0 radical (unpaired) electrons. The summed E-state index contributed by atoms with van der Waals surface area (Å²) >= 11 is 0. The van der Waals surface area contributed by atoms with E-state index in [9.17, 15) is 4.79 Å². The highest BCUT2D eigenvalue weighted by molar-refractivity contribution is 5.76. The summed E-state index contributed by atoms with van der Waals surface area (Å²) in [7, 11) is 0. The topological polar surface area (TPSA) is 51.3 Å². The van der Waals surface area contributed by atoms with Crippen molar-refractivity contribution in [2.24, 2.45) is 0 Å². The molecule has 0 aliphatic heterocycles. The summed E-state index contributed by atoms with van der Waals surface area (Å²) < 4.78 is 6.98. The van der Waals surface area contributed by atoms with Gasteiger partial charge in [0, 0.05) is 18.4 Å². The number of rotatable bonds is 3. The highest BCUT2D eigenvalue weighted by Gasteiger charge is 2.19. The van der Waals surface area contributed by atoms with Gasteiger partial charge in [-0.1, -0.05) is 0 Å². The zero-order chi connectivity index (χ0) is 13.1. The maximum absolute atomic E-state index is 12.3. The number of imidazole rings is 1. The lowest BCUT2D eigenvalue weighted by atomic mass is 10.3. The van der Waals surface area contributed by atoms with Crippen molar-refractivity contribution >= 4 is 6.03 Å². The Morgan fingerprint density at radius 2 is 2.28 bits per heavy atom. The molecule has 5 nitrogen and oxygen atoms in total. The van der Waals surface area contributed by atoms with E-state index in [1.165, 1.54) is 10.9 Å². The Morgan fingerprint density at radius 3 is 2.78 bits per heavy atom. The molecule has 5 heteroatoms. The van der Waals surface area contributed by atoms with Gasteiger partial charge in [-0.3, -0.25) is 4.57 Å². The van der Waals surface area contributed by atoms with E-state index < -0.39 is 0 Å². The molecule has 96 valence electrons. The molecule has 0 saturated carbocycles. The van der Waals surface area contributed by atoms with Crippen LogP contribution in [0.3, 0.4) is 0 Å². The van der Waals surface area contributed by atoms with E-state index in [0.29, 0.717) is 6.54 Å². The van der Waals surface area contributed by atoms with Crippen LogP contribution in [-0.4, -0.2) is 26.5 Å².